The number of nitrogens with one attached hydrogen (secondary N) is 1. The van der Waals surface area contributed by atoms with Gasteiger partial charge in [0.1, 0.15) is 16.5 Å². The zero-order valence-corrected chi connectivity index (χ0v) is 21.6. The first-order valence-electron chi connectivity index (χ1n) is 11.6. The lowest BCUT2D eigenvalue weighted by molar-refractivity contribution is -0.136. The number of para-hydroxylation sites is 1. The van der Waals surface area contributed by atoms with Crippen LogP contribution in [0.15, 0.2) is 94.4 Å². The number of methoxy groups -OCH3 is 1. The van der Waals surface area contributed by atoms with Crippen LogP contribution in [0.2, 0.25) is 0 Å². The van der Waals surface area contributed by atoms with Crippen LogP contribution in [-0.2, 0) is 29.4 Å². The van der Waals surface area contributed by atoms with Crippen LogP contribution in [-0.4, -0.2) is 26.5 Å². The van der Waals surface area contributed by atoms with Crippen molar-refractivity contribution < 1.29 is 44.1 Å². The van der Waals surface area contributed by atoms with Gasteiger partial charge in [-0.3, -0.25) is 0 Å². The first-order valence-corrected chi connectivity index (χ1v) is 13.0. The fourth-order valence-electron chi connectivity index (χ4n) is 3.70. The van der Waals surface area contributed by atoms with Crippen molar-refractivity contribution in [2.24, 2.45) is 0 Å². The highest BCUT2D eigenvalue weighted by Crippen LogP contribution is 2.35. The summed E-state index contributed by atoms with van der Waals surface area (Å²) in [5.74, 6) is -0.449. The van der Waals surface area contributed by atoms with Crippen molar-refractivity contribution in [1.29, 1.82) is 0 Å². The van der Waals surface area contributed by atoms with Crippen molar-refractivity contribution in [2.45, 2.75) is 24.2 Å². The maximum Gasteiger partial charge on any atom is 0.418 e. The third-order valence-electron chi connectivity index (χ3n) is 5.59. The van der Waals surface area contributed by atoms with Crippen LogP contribution < -0.4 is 14.2 Å². The smallest absolute Gasteiger partial charge is 0.418 e. The van der Waals surface area contributed by atoms with E-state index in [0.717, 1.165) is 36.4 Å². The second-order valence-corrected chi connectivity index (χ2v) is 9.93. The Kier molecular flexibility index (Phi) is 8.33. The van der Waals surface area contributed by atoms with Gasteiger partial charge in [0.05, 0.1) is 31.2 Å². The predicted molar refractivity (Wildman–Crippen MR) is 136 cm³/mol. The molecular weight excluding hydrogens is 556 g/mol. The zero-order valence-electron chi connectivity index (χ0n) is 20.8. The van der Waals surface area contributed by atoms with E-state index in [2.05, 4.69) is 5.32 Å². The monoisotopic (exact) mass is 578 g/mol. The molecule has 0 saturated heterocycles. The number of benzene rings is 3. The molecule has 0 aliphatic rings. The molecule has 0 radical (unpaired) electrons. The molecule has 0 spiro atoms. The van der Waals surface area contributed by atoms with Crippen LogP contribution in [0.1, 0.15) is 16.9 Å². The van der Waals surface area contributed by atoms with Crippen LogP contribution in [0.3, 0.4) is 0 Å². The Morgan fingerprint density at radius 2 is 1.68 bits per heavy atom. The Morgan fingerprint density at radius 1 is 0.950 bits per heavy atom. The maximum absolute atomic E-state index is 13.5. The largest absolute Gasteiger partial charge is 0.493 e. The molecule has 1 N–H and O–H groups in total. The van der Waals surface area contributed by atoms with Gasteiger partial charge >= 0.3 is 22.3 Å². The maximum atomic E-state index is 13.5. The normalized spacial score (nSPS) is 11.6. The summed E-state index contributed by atoms with van der Waals surface area (Å²) >= 11 is 0. The van der Waals surface area contributed by atoms with Crippen molar-refractivity contribution in [1.82, 2.24) is 4.90 Å². The zero-order chi connectivity index (χ0) is 28.9. The highest BCUT2D eigenvalue weighted by atomic mass is 32.2. The number of hydrogen-bond acceptors (Lipinski definition) is 6. The first kappa shape index (κ1) is 28.5. The van der Waals surface area contributed by atoms with Gasteiger partial charge in [0, 0.05) is 6.54 Å². The lowest BCUT2D eigenvalue weighted by Gasteiger charge is -2.24. The second kappa shape index (κ2) is 11.7. The van der Waals surface area contributed by atoms with Crippen LogP contribution >= 0.6 is 0 Å². The molecule has 0 bridgehead atoms. The van der Waals surface area contributed by atoms with Crippen LogP contribution in [0, 0.1) is 5.82 Å². The Labute approximate surface area is 226 Å². The van der Waals surface area contributed by atoms with Crippen LogP contribution in [0.5, 0.6) is 11.5 Å². The third kappa shape index (κ3) is 6.91. The van der Waals surface area contributed by atoms with Gasteiger partial charge in [0.15, 0.2) is 11.5 Å². The Morgan fingerprint density at radius 3 is 2.33 bits per heavy atom. The lowest BCUT2D eigenvalue weighted by Crippen LogP contribution is -2.34. The number of ether oxygens (including phenoxy) is 1. The third-order valence-corrected chi connectivity index (χ3v) is 6.84. The summed E-state index contributed by atoms with van der Waals surface area (Å²) in [4.78, 5) is 14.1. The van der Waals surface area contributed by atoms with E-state index >= 15 is 0 Å². The van der Waals surface area contributed by atoms with Gasteiger partial charge in [-0.1, -0.05) is 18.2 Å². The first-order chi connectivity index (χ1) is 19.0. The molecular formula is C27H22F4N2O6S. The number of alkyl halides is 3. The molecule has 0 saturated carbocycles. The van der Waals surface area contributed by atoms with Gasteiger partial charge in [-0.05, 0) is 66.2 Å². The van der Waals surface area contributed by atoms with Gasteiger partial charge in [-0.2, -0.15) is 21.6 Å². The van der Waals surface area contributed by atoms with E-state index < -0.39 is 39.4 Å². The van der Waals surface area contributed by atoms with Crippen LogP contribution in [0.25, 0.3) is 0 Å². The standard InChI is InChI=1S/C27H22F4N2O6S/c1-37-24-13-8-18(15-25(24)39-40(35,36)21-11-9-19(28)10-12-21)16-33(17-20-5-4-14-38-20)26(34)32-23-7-3-2-6-22(23)27(29,30)31/h2-15H,16-17H2,1H3,(H,32,34). The molecule has 13 heteroatoms. The Bertz CT molecular complexity index is 1570. The summed E-state index contributed by atoms with van der Waals surface area (Å²) in [5.41, 5.74) is -1.10. The summed E-state index contributed by atoms with van der Waals surface area (Å²) in [5, 5.41) is 2.29. The van der Waals surface area contributed by atoms with Crippen molar-refractivity contribution >= 4 is 21.8 Å². The average molecular weight is 579 g/mol. The molecule has 4 aromatic rings. The number of carbonyl (C=O) groups excluding carboxylic acids is 1. The number of anilines is 1. The molecule has 1 heterocycles. The molecule has 210 valence electrons. The topological polar surface area (TPSA) is 98.1 Å². The second-order valence-electron chi connectivity index (χ2n) is 8.39. The average Bonchev–Trinajstić information content (AvgIpc) is 3.41. The minimum absolute atomic E-state index is 0.0515. The van der Waals surface area contributed by atoms with Crippen molar-refractivity contribution in [3.63, 3.8) is 0 Å². The molecule has 8 nitrogen and oxygen atoms in total. The minimum atomic E-state index is -4.70. The molecule has 4 rings (SSSR count). The van der Waals surface area contributed by atoms with Gasteiger partial charge in [-0.25, -0.2) is 9.18 Å². The summed E-state index contributed by atoms with van der Waals surface area (Å²) in [6.45, 7) is -0.305. The molecule has 0 aliphatic heterocycles. The van der Waals surface area contributed by atoms with Crippen molar-refractivity contribution in [3.8, 4) is 11.5 Å². The molecule has 0 fully saturated rings. The van der Waals surface area contributed by atoms with Gasteiger partial charge in [0.2, 0.25) is 0 Å². The Balaban J connectivity index is 1.62. The van der Waals surface area contributed by atoms with E-state index in [-0.39, 0.29) is 29.5 Å². The van der Waals surface area contributed by atoms with E-state index in [1.807, 2.05) is 0 Å². The molecule has 40 heavy (non-hydrogen) atoms. The molecule has 0 aliphatic carbocycles. The van der Waals surface area contributed by atoms with E-state index in [1.165, 1.54) is 48.6 Å². The fourth-order valence-corrected chi connectivity index (χ4v) is 4.63. The van der Waals surface area contributed by atoms with E-state index in [4.69, 9.17) is 13.3 Å². The van der Waals surface area contributed by atoms with Crippen LogP contribution in [0.4, 0.5) is 28.0 Å². The Hall–Kier alpha value is -4.52. The number of halogens is 4. The molecule has 2 amide bonds. The van der Waals surface area contributed by atoms with E-state index in [9.17, 15) is 30.8 Å². The van der Waals surface area contributed by atoms with E-state index in [1.54, 1.807) is 12.1 Å². The quantitative estimate of drug-likeness (QED) is 0.181. The summed E-state index contributed by atoms with van der Waals surface area (Å²) in [7, 11) is -3.09. The fraction of sp³-hybridized carbons (Fsp3) is 0.148. The minimum Gasteiger partial charge on any atom is -0.493 e. The van der Waals surface area contributed by atoms with Gasteiger partial charge < -0.3 is 23.6 Å². The molecule has 3 aromatic carbocycles. The highest BCUT2D eigenvalue weighted by Gasteiger charge is 2.34. The predicted octanol–water partition coefficient (Wildman–Crippen LogP) is 6.45. The van der Waals surface area contributed by atoms with Crippen molar-refractivity contribution in [2.75, 3.05) is 12.4 Å². The number of nitrogens with zero attached hydrogens (tertiary/aromatic N) is 1. The molecule has 0 atom stereocenters. The van der Waals surface area contributed by atoms with Gasteiger partial charge in [-0.15, -0.1) is 0 Å². The summed E-state index contributed by atoms with van der Waals surface area (Å²) in [6, 6.07) is 15.1. The number of rotatable bonds is 9. The molecule has 1 aromatic heterocycles. The number of carbonyl (C=O) groups is 1. The summed E-state index contributed by atoms with van der Waals surface area (Å²) < 4.78 is 95.0. The number of amides is 2. The number of urea groups is 1. The molecule has 0 unspecified atom stereocenters. The van der Waals surface area contributed by atoms with Gasteiger partial charge in [0.25, 0.3) is 0 Å². The lowest BCUT2D eigenvalue weighted by atomic mass is 10.1. The summed E-state index contributed by atoms with van der Waals surface area (Å²) in [6.07, 6.45) is -3.32. The van der Waals surface area contributed by atoms with E-state index in [0.29, 0.717) is 11.3 Å². The van der Waals surface area contributed by atoms with Crippen molar-refractivity contribution in [3.05, 3.63) is 108 Å². The SMILES string of the molecule is COc1ccc(CN(Cc2ccco2)C(=O)Nc2ccccc2C(F)(F)F)cc1OS(=O)(=O)c1ccc(F)cc1. The number of furan rings is 1. The highest BCUT2D eigenvalue weighted by molar-refractivity contribution is 7.87. The number of hydrogen-bond donors (Lipinski definition) is 1.